The van der Waals surface area contributed by atoms with Crippen molar-refractivity contribution in [1.82, 2.24) is 4.90 Å². The van der Waals surface area contributed by atoms with Crippen LogP contribution < -0.4 is 14.2 Å². The number of para-hydroxylation sites is 2. The lowest BCUT2D eigenvalue weighted by Crippen LogP contribution is -2.32. The Morgan fingerprint density at radius 2 is 1.39 bits per heavy atom. The van der Waals surface area contributed by atoms with E-state index in [2.05, 4.69) is 24.3 Å². The van der Waals surface area contributed by atoms with Gasteiger partial charge in [-0.25, -0.2) is 0 Å². The van der Waals surface area contributed by atoms with Crippen molar-refractivity contribution in [1.29, 1.82) is 0 Å². The predicted octanol–water partition coefficient (Wildman–Crippen LogP) is 7.70. The third-order valence-corrected chi connectivity index (χ3v) is 7.89. The van der Waals surface area contributed by atoms with Gasteiger partial charge in [-0.3, -0.25) is 14.5 Å². The van der Waals surface area contributed by atoms with Crippen molar-refractivity contribution in [3.8, 4) is 17.2 Å². The van der Waals surface area contributed by atoms with Gasteiger partial charge >= 0.3 is 0 Å². The molecule has 1 saturated heterocycles. The van der Waals surface area contributed by atoms with Gasteiger partial charge in [0.1, 0.15) is 19.0 Å². The minimum Gasteiger partial charge on any atom is -0.493 e. The molecular formula is C34H27NO5S. The van der Waals surface area contributed by atoms with E-state index in [1.54, 1.807) is 25.3 Å². The fraction of sp³-hybridized carbons (Fsp3) is 0.118. The van der Waals surface area contributed by atoms with Gasteiger partial charge in [-0.1, -0.05) is 84.9 Å². The number of fused-ring (bicyclic) bond motifs is 2. The first-order valence-corrected chi connectivity index (χ1v) is 14.1. The molecule has 0 unspecified atom stereocenters. The number of nitrogens with zero attached hydrogens (tertiary/aromatic N) is 1. The molecule has 1 heterocycles. The zero-order valence-electron chi connectivity index (χ0n) is 22.4. The zero-order chi connectivity index (χ0) is 28.2. The van der Waals surface area contributed by atoms with Gasteiger partial charge in [-0.05, 0) is 63.1 Å². The molecule has 1 aliphatic rings. The molecule has 0 N–H and O–H groups in total. The van der Waals surface area contributed by atoms with E-state index in [0.717, 1.165) is 44.4 Å². The summed E-state index contributed by atoms with van der Waals surface area (Å²) in [4.78, 5) is 27.8. The third kappa shape index (κ3) is 5.49. The van der Waals surface area contributed by atoms with Crippen LogP contribution in [0.15, 0.2) is 108 Å². The molecule has 41 heavy (non-hydrogen) atoms. The van der Waals surface area contributed by atoms with Crippen molar-refractivity contribution in [2.45, 2.75) is 6.61 Å². The van der Waals surface area contributed by atoms with E-state index in [9.17, 15) is 9.59 Å². The van der Waals surface area contributed by atoms with E-state index in [-0.39, 0.29) is 24.3 Å². The van der Waals surface area contributed by atoms with Crippen LogP contribution in [0.25, 0.3) is 27.6 Å². The summed E-state index contributed by atoms with van der Waals surface area (Å²) in [6, 6.07) is 33.5. The number of hydrogen-bond acceptors (Lipinski definition) is 6. The number of hydrogen-bond donors (Lipinski definition) is 0. The van der Waals surface area contributed by atoms with Gasteiger partial charge in [0.05, 0.1) is 18.6 Å². The lowest BCUT2D eigenvalue weighted by atomic mass is 10.0. The average molecular weight is 562 g/mol. The largest absolute Gasteiger partial charge is 0.493 e. The molecule has 204 valence electrons. The average Bonchev–Trinajstić information content (AvgIpc) is 3.28. The topological polar surface area (TPSA) is 65.1 Å². The van der Waals surface area contributed by atoms with Gasteiger partial charge in [0.15, 0.2) is 11.5 Å². The summed E-state index contributed by atoms with van der Waals surface area (Å²) in [5.74, 6) is 1.44. The first kappa shape index (κ1) is 26.5. The maximum absolute atomic E-state index is 13.4. The van der Waals surface area contributed by atoms with Crippen molar-refractivity contribution >= 4 is 50.5 Å². The van der Waals surface area contributed by atoms with Crippen molar-refractivity contribution < 1.29 is 23.8 Å². The quantitative estimate of drug-likeness (QED) is 0.172. The van der Waals surface area contributed by atoms with Gasteiger partial charge in [0.25, 0.3) is 11.1 Å². The molecule has 1 aliphatic heterocycles. The summed E-state index contributed by atoms with van der Waals surface area (Å²) >= 11 is 0.927. The lowest BCUT2D eigenvalue weighted by Gasteiger charge is -2.15. The normalized spacial score (nSPS) is 14.3. The summed E-state index contributed by atoms with van der Waals surface area (Å²) in [5, 5.41) is 3.91. The van der Waals surface area contributed by atoms with Crippen molar-refractivity contribution in [3.63, 3.8) is 0 Å². The number of benzene rings is 5. The molecule has 0 spiro atoms. The van der Waals surface area contributed by atoms with E-state index in [1.807, 2.05) is 66.7 Å². The minimum absolute atomic E-state index is 0.125. The second-order valence-corrected chi connectivity index (χ2v) is 10.5. The smallest absolute Gasteiger partial charge is 0.293 e. The number of carbonyl (C=O) groups excluding carboxylic acids is 2. The molecular weight excluding hydrogens is 534 g/mol. The molecule has 6 rings (SSSR count). The van der Waals surface area contributed by atoms with Crippen molar-refractivity contribution in [3.05, 3.63) is 119 Å². The van der Waals surface area contributed by atoms with Crippen LogP contribution in [0.3, 0.4) is 0 Å². The Morgan fingerprint density at radius 3 is 2.20 bits per heavy atom. The number of amides is 2. The van der Waals surface area contributed by atoms with Gasteiger partial charge in [-0.15, -0.1) is 0 Å². The van der Waals surface area contributed by atoms with Crippen molar-refractivity contribution in [2.75, 3.05) is 20.3 Å². The van der Waals surface area contributed by atoms with E-state index < -0.39 is 0 Å². The molecule has 5 aromatic carbocycles. The Kier molecular flexibility index (Phi) is 7.60. The van der Waals surface area contributed by atoms with Crippen LogP contribution in [-0.2, 0) is 11.4 Å². The highest BCUT2D eigenvalue weighted by Crippen LogP contribution is 2.37. The highest BCUT2D eigenvalue weighted by molar-refractivity contribution is 8.18. The summed E-state index contributed by atoms with van der Waals surface area (Å²) in [6.07, 6.45) is 1.77. The maximum Gasteiger partial charge on any atom is 0.293 e. The van der Waals surface area contributed by atoms with E-state index in [0.29, 0.717) is 28.8 Å². The number of ether oxygens (including phenoxy) is 3. The fourth-order valence-corrected chi connectivity index (χ4v) is 5.78. The second kappa shape index (κ2) is 11.8. The summed E-state index contributed by atoms with van der Waals surface area (Å²) in [6.45, 7) is 0.641. The van der Waals surface area contributed by atoms with Crippen LogP contribution in [0, 0.1) is 0 Å². The van der Waals surface area contributed by atoms with Crippen LogP contribution >= 0.6 is 11.8 Å². The monoisotopic (exact) mass is 561 g/mol. The maximum atomic E-state index is 13.4. The number of rotatable bonds is 9. The highest BCUT2D eigenvalue weighted by atomic mass is 32.2. The Balaban J connectivity index is 1.25. The van der Waals surface area contributed by atoms with Crippen molar-refractivity contribution in [2.24, 2.45) is 0 Å². The molecule has 2 amide bonds. The van der Waals surface area contributed by atoms with Crippen LogP contribution in [-0.4, -0.2) is 36.3 Å². The Hall–Kier alpha value is -4.75. The first-order valence-electron chi connectivity index (χ1n) is 13.2. The van der Waals surface area contributed by atoms with Crippen LogP contribution in [0.1, 0.15) is 11.1 Å². The molecule has 0 radical (unpaired) electrons. The number of carbonyl (C=O) groups is 2. The van der Waals surface area contributed by atoms with Gasteiger partial charge < -0.3 is 14.2 Å². The van der Waals surface area contributed by atoms with Gasteiger partial charge in [0, 0.05) is 5.56 Å². The first-order chi connectivity index (χ1) is 20.1. The number of imide groups is 1. The summed E-state index contributed by atoms with van der Waals surface area (Å²) < 4.78 is 17.5. The van der Waals surface area contributed by atoms with E-state index >= 15 is 0 Å². The molecule has 0 aromatic heterocycles. The lowest BCUT2D eigenvalue weighted by molar-refractivity contribution is -0.123. The standard InChI is InChI=1S/C34H27NO5S/c1-38-30-15-6-7-16-31(30)39-20-19-35-33(36)32(41-34(35)37)21-28-27-14-5-3-10-24(27)17-18-29(28)40-22-25-12-8-11-23-9-2-4-13-26(23)25/h2-18,21H,19-20,22H2,1H3/b32-21-. The van der Waals surface area contributed by atoms with Crippen LogP contribution in [0.4, 0.5) is 4.79 Å². The summed E-state index contributed by atoms with van der Waals surface area (Å²) in [5.41, 5.74) is 1.83. The number of methoxy groups -OCH3 is 1. The molecule has 0 aliphatic carbocycles. The molecule has 0 bridgehead atoms. The predicted molar refractivity (Wildman–Crippen MR) is 163 cm³/mol. The highest BCUT2D eigenvalue weighted by Gasteiger charge is 2.35. The Labute approximate surface area is 242 Å². The molecule has 0 saturated carbocycles. The van der Waals surface area contributed by atoms with E-state index in [1.165, 1.54) is 4.90 Å². The number of thioether (sulfide) groups is 1. The van der Waals surface area contributed by atoms with Crippen LogP contribution in [0.2, 0.25) is 0 Å². The van der Waals surface area contributed by atoms with Gasteiger partial charge in [0.2, 0.25) is 0 Å². The van der Waals surface area contributed by atoms with Crippen LogP contribution in [0.5, 0.6) is 17.2 Å². The molecule has 0 atom stereocenters. The Bertz CT molecular complexity index is 1790. The van der Waals surface area contributed by atoms with Gasteiger partial charge in [-0.2, -0.15) is 0 Å². The molecule has 5 aromatic rings. The third-order valence-electron chi connectivity index (χ3n) is 6.98. The SMILES string of the molecule is COc1ccccc1OCCN1C(=O)S/C(=C\c2c(OCc3cccc4ccccc34)ccc3ccccc23)C1=O. The Morgan fingerprint density at radius 1 is 0.707 bits per heavy atom. The van der Waals surface area contributed by atoms with E-state index in [4.69, 9.17) is 14.2 Å². The molecule has 7 heteroatoms. The summed E-state index contributed by atoms with van der Waals surface area (Å²) in [7, 11) is 1.57. The second-order valence-electron chi connectivity index (χ2n) is 9.46. The zero-order valence-corrected chi connectivity index (χ0v) is 23.2. The fourth-order valence-electron chi connectivity index (χ4n) is 4.93. The minimum atomic E-state index is -0.350. The molecule has 6 nitrogen and oxygen atoms in total. The molecule has 1 fully saturated rings.